The van der Waals surface area contributed by atoms with Gasteiger partial charge in [-0.15, -0.1) is 8.78 Å². The number of carbonyl (C=O) groups excluding carboxylic acids is 1. The lowest BCUT2D eigenvalue weighted by molar-refractivity contribution is -0.286. The van der Waals surface area contributed by atoms with Crippen LogP contribution >= 0.6 is 0 Å². The number of benzene rings is 4. The Hall–Kier alpha value is -4.64. The monoisotopic (exact) mass is 706 g/mol. The number of ketones is 1. The first kappa shape index (κ1) is 27.1. The molecule has 0 spiro atoms. The lowest BCUT2D eigenvalue weighted by Gasteiger charge is -2.28. The lowest BCUT2D eigenvalue weighted by Crippen LogP contribution is -2.30. The van der Waals surface area contributed by atoms with E-state index in [-0.39, 0.29) is 60.7 Å². The van der Waals surface area contributed by atoms with E-state index < -0.39 is 72.3 Å². The van der Waals surface area contributed by atoms with Crippen molar-refractivity contribution in [1.82, 2.24) is 4.57 Å². The van der Waals surface area contributed by atoms with Crippen LogP contribution in [0.3, 0.4) is 0 Å². The van der Waals surface area contributed by atoms with Crippen molar-refractivity contribution < 1.29 is 51.6 Å². The molecule has 1 aromatic heterocycles. The van der Waals surface area contributed by atoms with E-state index in [4.69, 9.17) is 19.1 Å². The van der Waals surface area contributed by atoms with E-state index in [1.807, 2.05) is 60.7 Å². The number of alkyl halides is 2. The number of aliphatic hydroxyl groups is 1. The van der Waals surface area contributed by atoms with Gasteiger partial charge >= 0.3 is 6.29 Å². The molecule has 0 saturated heterocycles. The fraction of sp³-hybridized carbons (Fsp3) is 0.341. The molecule has 2 atom stereocenters. The van der Waals surface area contributed by atoms with E-state index in [0.717, 1.165) is 35.4 Å². The normalized spacial score (nSPS) is 21.5. The smallest absolute Gasteiger partial charge is 0.395 e. The number of halogens is 3. The Labute approximate surface area is 304 Å². The van der Waals surface area contributed by atoms with Gasteiger partial charge in [-0.1, -0.05) is 80.5 Å². The average Bonchev–Trinajstić information content (AvgIpc) is 3.43. The topological polar surface area (TPSA) is 79.2 Å². The summed E-state index contributed by atoms with van der Waals surface area (Å²) in [6, 6.07) is 25.3. The summed E-state index contributed by atoms with van der Waals surface area (Å²) in [5.74, 6) is -2.93. The first-order valence-electron chi connectivity index (χ1n) is 19.9. The minimum absolute atomic E-state index is 0.0953. The molecule has 0 bridgehead atoms. The molecule has 1 aliphatic heterocycles. The Bertz CT molecular complexity index is 2310. The fourth-order valence-electron chi connectivity index (χ4n) is 6.29. The van der Waals surface area contributed by atoms with E-state index >= 15 is 4.39 Å². The van der Waals surface area contributed by atoms with Crippen LogP contribution < -0.4 is 9.47 Å². The van der Waals surface area contributed by atoms with Gasteiger partial charge in [0.05, 0.1) is 50.0 Å². The number of fused-ring (bicyclic) bond motifs is 2. The second-order valence-corrected chi connectivity index (χ2v) is 13.0. The molecule has 5 aromatic rings. The van der Waals surface area contributed by atoms with Crippen LogP contribution in [0.1, 0.15) is 64.1 Å². The minimum Gasteiger partial charge on any atom is -0.395 e. The summed E-state index contributed by atoms with van der Waals surface area (Å²) in [4.78, 5) is 14.2. The highest BCUT2D eigenvalue weighted by Gasteiger charge is 2.52. The van der Waals surface area contributed by atoms with Crippen molar-refractivity contribution in [1.29, 1.82) is 0 Å². The van der Waals surface area contributed by atoms with Crippen LogP contribution in [0.2, 0.25) is 0 Å². The highest BCUT2D eigenvalue weighted by Crippen LogP contribution is 2.53. The molecule has 1 saturated carbocycles. The number of hydrogen-bond acceptors (Lipinski definition) is 6. The Morgan fingerprint density at radius 3 is 2.29 bits per heavy atom. The van der Waals surface area contributed by atoms with Gasteiger partial charge in [-0.05, 0) is 65.3 Å². The number of aromatic nitrogens is 1. The number of ether oxygens (including phenoxy) is 4. The SMILES string of the molecule is [2H]C([2H])([2H])C(C)(COCc1ccccc1)c1cc2cc(CC(=O)C3(c4ccc5c(c4)OC(F)(F)O5)C([2H])([2H])C3([2H])[2H])c(F)cc2n1C[C@@H](O)COCc1ccccc1. The number of rotatable bonds is 15. The van der Waals surface area contributed by atoms with Gasteiger partial charge in [-0.2, -0.15) is 0 Å². The van der Waals surface area contributed by atoms with Gasteiger partial charge in [0.1, 0.15) is 11.6 Å². The Balaban J connectivity index is 1.24. The molecule has 2 heterocycles. The van der Waals surface area contributed by atoms with Gasteiger partial charge in [0.15, 0.2) is 11.5 Å². The Morgan fingerprint density at radius 2 is 1.63 bits per heavy atom. The Morgan fingerprint density at radius 1 is 0.961 bits per heavy atom. The molecule has 51 heavy (non-hydrogen) atoms. The highest BCUT2D eigenvalue weighted by atomic mass is 19.3. The summed E-state index contributed by atoms with van der Waals surface area (Å²) in [6.45, 7) is -1.60. The fourth-order valence-corrected chi connectivity index (χ4v) is 6.29. The van der Waals surface area contributed by atoms with E-state index in [0.29, 0.717) is 0 Å². The number of Topliss-reactive ketones (excluding diaryl/α,β-unsaturated/α-hetero) is 1. The maximum Gasteiger partial charge on any atom is 0.586 e. The quantitative estimate of drug-likeness (QED) is 0.119. The third kappa shape index (κ3) is 7.54. The highest BCUT2D eigenvalue weighted by molar-refractivity contribution is 5.95. The summed E-state index contributed by atoms with van der Waals surface area (Å²) in [6.07, 6.45) is -11.7. The molecule has 266 valence electrons. The minimum atomic E-state index is -4.03. The van der Waals surface area contributed by atoms with Gasteiger partial charge in [0, 0.05) is 32.5 Å². The van der Waals surface area contributed by atoms with Gasteiger partial charge in [0.25, 0.3) is 0 Å². The molecule has 0 radical (unpaired) electrons. The van der Waals surface area contributed by atoms with E-state index in [1.54, 1.807) is 0 Å². The molecule has 0 amide bonds. The van der Waals surface area contributed by atoms with E-state index in [1.165, 1.54) is 23.6 Å². The van der Waals surface area contributed by atoms with Gasteiger partial charge in [-0.25, -0.2) is 4.39 Å². The van der Waals surface area contributed by atoms with Crippen molar-refractivity contribution >= 4 is 16.7 Å². The molecular weight excluding hydrogens is 659 g/mol. The molecule has 7 rings (SSSR count). The second kappa shape index (κ2) is 13.8. The van der Waals surface area contributed by atoms with Crippen LogP contribution in [0.5, 0.6) is 11.5 Å². The van der Waals surface area contributed by atoms with Crippen LogP contribution in [0.15, 0.2) is 97.1 Å². The number of aliphatic hydroxyl groups excluding tert-OH is 1. The van der Waals surface area contributed by atoms with Crippen LogP contribution in [0.4, 0.5) is 13.2 Å². The number of hydrogen-bond donors (Lipinski definition) is 1. The van der Waals surface area contributed by atoms with E-state index in [2.05, 4.69) is 9.47 Å². The van der Waals surface area contributed by atoms with Gasteiger partial charge < -0.3 is 28.6 Å². The molecule has 4 aromatic carbocycles. The molecule has 1 unspecified atom stereocenters. The average molecular weight is 707 g/mol. The maximum atomic E-state index is 16.3. The molecule has 10 heteroatoms. The predicted molar refractivity (Wildman–Crippen MR) is 185 cm³/mol. The standard InChI is InChI=1S/C41H40F3NO6/c1-39(2,26-49-24-28-11-7-4-8-12-28)37-18-30-17-29(19-38(47)40(15-16-40)31-13-14-35-36(20-31)51-41(43,44)50-35)33(42)21-34(30)45(37)22-32(46)25-48-23-27-9-5-3-6-10-27/h3-14,17-18,20-21,32,46H,15-16,19,22-26H2,1-2H3/t32-/m1/s1/i1D3,15D2,16D2/t32-,39?. The second-order valence-electron chi connectivity index (χ2n) is 13.0. The summed E-state index contributed by atoms with van der Waals surface area (Å²) >= 11 is 0. The van der Waals surface area contributed by atoms with Crippen LogP contribution in [0, 0.1) is 5.82 Å². The van der Waals surface area contributed by atoms with Crippen molar-refractivity contribution in [3.63, 3.8) is 0 Å². The van der Waals surface area contributed by atoms with Crippen molar-refractivity contribution in [2.45, 2.75) is 75.9 Å². The molecule has 1 fully saturated rings. The first-order valence-corrected chi connectivity index (χ1v) is 16.4. The number of carbonyl (C=O) groups is 1. The van der Waals surface area contributed by atoms with Gasteiger partial charge in [0.2, 0.25) is 0 Å². The van der Waals surface area contributed by atoms with Crippen LogP contribution in [0.25, 0.3) is 10.9 Å². The molecule has 1 aliphatic carbocycles. The summed E-state index contributed by atoms with van der Waals surface area (Å²) < 4.78 is 126. The molecule has 1 N–H and O–H groups in total. The van der Waals surface area contributed by atoms with Crippen molar-refractivity contribution in [3.05, 3.63) is 131 Å². The molecular formula is C41H40F3NO6. The predicted octanol–water partition coefficient (Wildman–Crippen LogP) is 8.02. The van der Waals surface area contributed by atoms with Crippen LogP contribution in [-0.4, -0.2) is 41.1 Å². The Kier molecular flexibility index (Phi) is 7.34. The maximum absolute atomic E-state index is 16.3. The molecule has 7 nitrogen and oxygen atoms in total. The summed E-state index contributed by atoms with van der Waals surface area (Å²) in [5.41, 5.74) is -2.79. The zero-order chi connectivity index (χ0) is 41.9. The zero-order valence-corrected chi connectivity index (χ0v) is 27.6. The van der Waals surface area contributed by atoms with Gasteiger partial charge in [-0.3, -0.25) is 4.79 Å². The van der Waals surface area contributed by atoms with Crippen LogP contribution in [-0.2, 0) is 51.3 Å². The summed E-state index contributed by atoms with van der Waals surface area (Å²) in [5, 5.41) is 11.5. The van der Waals surface area contributed by atoms with Crippen molar-refractivity contribution in [2.75, 3.05) is 13.2 Å². The zero-order valence-electron chi connectivity index (χ0n) is 34.6. The largest absolute Gasteiger partial charge is 0.586 e. The lowest BCUT2D eigenvalue weighted by atomic mass is 9.87. The van der Waals surface area contributed by atoms with E-state index in [9.17, 15) is 18.7 Å². The third-order valence-corrected chi connectivity index (χ3v) is 8.93. The first-order chi connectivity index (χ1) is 27.2. The third-order valence-electron chi connectivity index (χ3n) is 8.93. The van der Waals surface area contributed by atoms with Crippen molar-refractivity contribution in [3.8, 4) is 11.5 Å². The summed E-state index contributed by atoms with van der Waals surface area (Å²) in [7, 11) is 0. The number of nitrogens with zero attached hydrogens (tertiary/aromatic N) is 1. The van der Waals surface area contributed by atoms with Crippen molar-refractivity contribution in [2.24, 2.45) is 0 Å². The molecule has 2 aliphatic rings.